The number of aromatic nitrogens is 5. The fourth-order valence-corrected chi connectivity index (χ4v) is 4.56. The molecule has 4 heterocycles. The number of hydrogen-bond donors (Lipinski definition) is 0. The summed E-state index contributed by atoms with van der Waals surface area (Å²) in [6.45, 7) is 0.311. The quantitative estimate of drug-likeness (QED) is 0.349. The van der Waals surface area contributed by atoms with Crippen LogP contribution in [0.25, 0.3) is 22.3 Å². The molecule has 39 heavy (non-hydrogen) atoms. The number of alkyl halides is 3. The minimum Gasteiger partial charge on any atom is -0.481 e. The van der Waals surface area contributed by atoms with Gasteiger partial charge in [-0.15, -0.1) is 0 Å². The van der Waals surface area contributed by atoms with E-state index in [1.807, 2.05) is 0 Å². The number of methoxy groups -OCH3 is 1. The van der Waals surface area contributed by atoms with Gasteiger partial charge in [-0.25, -0.2) is 24.3 Å². The van der Waals surface area contributed by atoms with Gasteiger partial charge in [0.2, 0.25) is 11.7 Å². The molecular weight excluding hydrogens is 520 g/mol. The maximum Gasteiger partial charge on any atom is 0.449 e. The molecule has 3 aromatic heterocycles. The van der Waals surface area contributed by atoms with Gasteiger partial charge in [0.1, 0.15) is 22.9 Å². The summed E-state index contributed by atoms with van der Waals surface area (Å²) in [5, 5.41) is 9.11. The van der Waals surface area contributed by atoms with Crippen LogP contribution in [-0.4, -0.2) is 38.2 Å². The lowest BCUT2D eigenvalue weighted by Gasteiger charge is -2.29. The first-order chi connectivity index (χ1) is 18.6. The summed E-state index contributed by atoms with van der Waals surface area (Å²) in [7, 11) is 2.44. The smallest absolute Gasteiger partial charge is 0.449 e. The molecule has 4 aromatic rings. The molecule has 1 aromatic carbocycles. The van der Waals surface area contributed by atoms with E-state index in [2.05, 4.69) is 19.9 Å². The van der Waals surface area contributed by atoms with Gasteiger partial charge in [-0.1, -0.05) is 0 Å². The molecule has 2 atom stereocenters. The van der Waals surface area contributed by atoms with E-state index in [-0.39, 0.29) is 34.1 Å². The van der Waals surface area contributed by atoms with Gasteiger partial charge >= 0.3 is 6.18 Å². The standard InChI is InChI=1S/C26H20F4N6O3/c1-36-24(37)22-21(35-25(36)26(28,29)30)20(16-4-3-13(12-31)9-17(16)27)33-23(34-22)15-6-8-39-18(10-15)14-5-7-32-19(11-14)38-2/h3-5,7,9,11,15,18H,6,8,10H2,1-2H3. The zero-order valence-corrected chi connectivity index (χ0v) is 20.7. The molecular formula is C26H20F4N6O3. The van der Waals surface area contributed by atoms with E-state index in [0.29, 0.717) is 29.9 Å². The Balaban J connectivity index is 1.69. The topological polar surface area (TPSA) is 116 Å². The van der Waals surface area contributed by atoms with Crippen LogP contribution in [0.3, 0.4) is 0 Å². The summed E-state index contributed by atoms with van der Waals surface area (Å²) in [4.78, 5) is 29.7. The number of rotatable bonds is 4. The fourth-order valence-electron chi connectivity index (χ4n) is 4.56. The van der Waals surface area contributed by atoms with E-state index in [0.717, 1.165) is 18.7 Å². The Hall–Kier alpha value is -4.44. The van der Waals surface area contributed by atoms with Crippen LogP contribution in [0.1, 0.15) is 47.6 Å². The molecule has 9 nitrogen and oxygen atoms in total. The van der Waals surface area contributed by atoms with E-state index < -0.39 is 35.0 Å². The predicted octanol–water partition coefficient (Wildman–Crippen LogP) is 4.46. The highest BCUT2D eigenvalue weighted by Crippen LogP contribution is 2.39. The van der Waals surface area contributed by atoms with E-state index in [9.17, 15) is 18.0 Å². The van der Waals surface area contributed by atoms with Crippen molar-refractivity contribution in [3.63, 3.8) is 0 Å². The maximum absolute atomic E-state index is 15.1. The number of nitriles is 1. The SMILES string of the molecule is COc1cc(C2CC(c3nc(-c4ccc(C#N)cc4F)c4nc(C(F)(F)F)n(C)c(=O)c4n3)CCO2)ccn1. The molecule has 0 saturated carbocycles. The molecule has 0 radical (unpaired) electrons. The van der Waals surface area contributed by atoms with Crippen LogP contribution in [0.2, 0.25) is 0 Å². The molecule has 2 unspecified atom stereocenters. The molecule has 1 aliphatic rings. The third kappa shape index (κ3) is 4.90. The number of halogens is 4. The van der Waals surface area contributed by atoms with Gasteiger partial charge in [-0.2, -0.15) is 18.4 Å². The lowest BCUT2D eigenvalue weighted by molar-refractivity contribution is -0.147. The van der Waals surface area contributed by atoms with Crippen molar-refractivity contribution in [3.8, 4) is 23.2 Å². The molecule has 0 bridgehead atoms. The van der Waals surface area contributed by atoms with Gasteiger partial charge in [0.15, 0.2) is 5.52 Å². The molecule has 200 valence electrons. The average Bonchev–Trinajstić information content (AvgIpc) is 2.94. The first kappa shape index (κ1) is 26.2. The molecule has 13 heteroatoms. The Morgan fingerprint density at radius 3 is 2.64 bits per heavy atom. The normalized spacial score (nSPS) is 17.7. The van der Waals surface area contributed by atoms with Crippen molar-refractivity contribution in [1.82, 2.24) is 24.5 Å². The van der Waals surface area contributed by atoms with Gasteiger partial charge < -0.3 is 9.47 Å². The molecule has 0 spiro atoms. The van der Waals surface area contributed by atoms with Crippen molar-refractivity contribution >= 4 is 11.0 Å². The third-order valence-electron chi connectivity index (χ3n) is 6.54. The van der Waals surface area contributed by atoms with E-state index in [1.165, 1.54) is 19.2 Å². The van der Waals surface area contributed by atoms with E-state index in [1.54, 1.807) is 24.4 Å². The Morgan fingerprint density at radius 1 is 1.15 bits per heavy atom. The summed E-state index contributed by atoms with van der Waals surface area (Å²) in [6, 6.07) is 8.77. The zero-order chi connectivity index (χ0) is 27.9. The van der Waals surface area contributed by atoms with Crippen molar-refractivity contribution in [2.75, 3.05) is 13.7 Å². The molecule has 1 fully saturated rings. The van der Waals surface area contributed by atoms with Crippen molar-refractivity contribution in [2.24, 2.45) is 7.05 Å². The number of fused-ring (bicyclic) bond motifs is 1. The van der Waals surface area contributed by atoms with Crippen LogP contribution in [0, 0.1) is 17.1 Å². The maximum atomic E-state index is 15.1. The molecule has 1 aliphatic heterocycles. The summed E-state index contributed by atoms with van der Waals surface area (Å²) < 4.78 is 67.7. The number of pyridine rings is 1. The van der Waals surface area contributed by atoms with Gasteiger partial charge in [-0.3, -0.25) is 9.36 Å². The number of benzene rings is 1. The highest BCUT2D eigenvalue weighted by atomic mass is 19.4. The van der Waals surface area contributed by atoms with Crippen LogP contribution >= 0.6 is 0 Å². The van der Waals surface area contributed by atoms with Crippen molar-refractivity contribution < 1.29 is 27.0 Å². The van der Waals surface area contributed by atoms with Crippen LogP contribution in [-0.2, 0) is 18.0 Å². The minimum atomic E-state index is -4.96. The van der Waals surface area contributed by atoms with Crippen LogP contribution in [0.4, 0.5) is 17.6 Å². The van der Waals surface area contributed by atoms with Crippen LogP contribution < -0.4 is 10.3 Å². The zero-order valence-electron chi connectivity index (χ0n) is 20.7. The third-order valence-corrected chi connectivity index (χ3v) is 6.54. The second kappa shape index (κ2) is 10.0. The number of nitrogens with zero attached hydrogens (tertiary/aromatic N) is 6. The number of ether oxygens (including phenoxy) is 2. The molecule has 1 saturated heterocycles. The molecule has 0 amide bonds. The molecule has 0 N–H and O–H groups in total. The lowest BCUT2D eigenvalue weighted by Crippen LogP contribution is -2.29. The Bertz CT molecular complexity index is 1680. The monoisotopic (exact) mass is 540 g/mol. The van der Waals surface area contributed by atoms with Gasteiger partial charge in [0, 0.05) is 37.4 Å². The summed E-state index contributed by atoms with van der Waals surface area (Å²) in [5.41, 5.74) is -1.59. The van der Waals surface area contributed by atoms with E-state index in [4.69, 9.17) is 14.7 Å². The molecule has 0 aliphatic carbocycles. The van der Waals surface area contributed by atoms with Crippen molar-refractivity contribution in [2.45, 2.75) is 31.0 Å². The summed E-state index contributed by atoms with van der Waals surface area (Å²) in [6.07, 6.45) is -2.95. The number of hydrogen-bond acceptors (Lipinski definition) is 8. The minimum absolute atomic E-state index is 0.00902. The van der Waals surface area contributed by atoms with Gasteiger partial charge in [0.25, 0.3) is 5.56 Å². The first-order valence-electron chi connectivity index (χ1n) is 11.8. The predicted molar refractivity (Wildman–Crippen MR) is 129 cm³/mol. The average molecular weight is 540 g/mol. The van der Waals surface area contributed by atoms with Gasteiger partial charge in [-0.05, 0) is 42.7 Å². The fraction of sp³-hybridized carbons (Fsp3) is 0.308. The summed E-state index contributed by atoms with van der Waals surface area (Å²) >= 11 is 0. The van der Waals surface area contributed by atoms with Crippen molar-refractivity contribution in [1.29, 1.82) is 5.26 Å². The first-order valence-corrected chi connectivity index (χ1v) is 11.8. The van der Waals surface area contributed by atoms with E-state index >= 15 is 4.39 Å². The van der Waals surface area contributed by atoms with Gasteiger partial charge in [0.05, 0.1) is 24.8 Å². The largest absolute Gasteiger partial charge is 0.481 e. The second-order valence-corrected chi connectivity index (χ2v) is 8.94. The highest BCUT2D eigenvalue weighted by molar-refractivity contribution is 5.88. The van der Waals surface area contributed by atoms with Crippen LogP contribution in [0.5, 0.6) is 5.88 Å². The lowest BCUT2D eigenvalue weighted by atomic mass is 9.91. The highest BCUT2D eigenvalue weighted by Gasteiger charge is 2.38. The second-order valence-electron chi connectivity index (χ2n) is 8.94. The van der Waals surface area contributed by atoms with Crippen molar-refractivity contribution in [3.05, 3.63) is 75.5 Å². The Kier molecular flexibility index (Phi) is 6.73. The van der Waals surface area contributed by atoms with Crippen LogP contribution in [0.15, 0.2) is 41.3 Å². The Morgan fingerprint density at radius 2 is 1.95 bits per heavy atom. The molecule has 5 rings (SSSR count). The summed E-state index contributed by atoms with van der Waals surface area (Å²) in [5.74, 6) is -2.20. The Labute approximate surface area is 218 Å².